The standard InChI is InChI=1S/C21H20BrN3O5S/c1-4-12(2)30-20-16(22)7-13(8-17(20)29-3)11-23-24-21(26)19-10-14-9-15(25(27)28)5-6-18(14)31-19/h5-12H,4H2,1-3H3,(H,24,26)/b23-11-/t12-/m0/s1. The molecule has 31 heavy (non-hydrogen) atoms. The molecule has 0 saturated carbocycles. The number of hydrogen-bond acceptors (Lipinski definition) is 7. The van der Waals surface area contributed by atoms with Crippen LogP contribution in [0.5, 0.6) is 11.5 Å². The van der Waals surface area contributed by atoms with Gasteiger partial charge in [0, 0.05) is 22.2 Å². The molecule has 0 aliphatic rings. The largest absolute Gasteiger partial charge is 0.493 e. The van der Waals surface area contributed by atoms with Gasteiger partial charge in [0.25, 0.3) is 11.6 Å². The highest BCUT2D eigenvalue weighted by atomic mass is 79.9. The van der Waals surface area contributed by atoms with Gasteiger partial charge in [-0.1, -0.05) is 6.92 Å². The van der Waals surface area contributed by atoms with Crippen molar-refractivity contribution in [3.05, 3.63) is 61.4 Å². The first-order valence-electron chi connectivity index (χ1n) is 9.38. The minimum atomic E-state index is -0.466. The second-order valence-corrected chi connectivity index (χ2v) is 8.60. The summed E-state index contributed by atoms with van der Waals surface area (Å²) in [5.41, 5.74) is 3.16. The zero-order chi connectivity index (χ0) is 22.5. The Balaban J connectivity index is 1.74. The molecule has 0 saturated heterocycles. The molecule has 2 aromatic carbocycles. The number of hydrogen-bond donors (Lipinski definition) is 1. The lowest BCUT2D eigenvalue weighted by Crippen LogP contribution is -2.16. The Morgan fingerprint density at radius 1 is 1.35 bits per heavy atom. The molecule has 162 valence electrons. The Bertz CT molecular complexity index is 1160. The van der Waals surface area contributed by atoms with E-state index in [2.05, 4.69) is 26.5 Å². The fourth-order valence-corrected chi connectivity index (χ4v) is 4.18. The van der Waals surface area contributed by atoms with E-state index in [0.717, 1.165) is 11.1 Å². The van der Waals surface area contributed by atoms with Crippen molar-refractivity contribution in [1.82, 2.24) is 5.43 Å². The molecule has 3 rings (SSSR count). The van der Waals surface area contributed by atoms with Crippen LogP contribution in [0.15, 0.2) is 46.0 Å². The average Bonchev–Trinajstić information content (AvgIpc) is 3.18. The van der Waals surface area contributed by atoms with E-state index in [1.165, 1.54) is 29.7 Å². The van der Waals surface area contributed by atoms with Crippen LogP contribution in [0, 0.1) is 10.1 Å². The fourth-order valence-electron chi connectivity index (χ4n) is 2.69. The van der Waals surface area contributed by atoms with Gasteiger partial charge in [0.15, 0.2) is 11.5 Å². The maximum absolute atomic E-state index is 12.4. The molecule has 10 heteroatoms. The lowest BCUT2D eigenvalue weighted by atomic mass is 10.2. The average molecular weight is 506 g/mol. The summed E-state index contributed by atoms with van der Waals surface area (Å²) in [6, 6.07) is 9.67. The Morgan fingerprint density at radius 3 is 2.81 bits per heavy atom. The number of thiophene rings is 1. The lowest BCUT2D eigenvalue weighted by molar-refractivity contribution is -0.384. The van der Waals surface area contributed by atoms with Crippen LogP contribution in [0.3, 0.4) is 0 Å². The summed E-state index contributed by atoms with van der Waals surface area (Å²) in [5.74, 6) is 0.758. The number of carbonyl (C=O) groups excluding carboxylic acids is 1. The van der Waals surface area contributed by atoms with Gasteiger partial charge in [-0.15, -0.1) is 11.3 Å². The number of nitro groups is 1. The van der Waals surface area contributed by atoms with Crippen LogP contribution in [0.1, 0.15) is 35.5 Å². The van der Waals surface area contributed by atoms with Crippen molar-refractivity contribution < 1.29 is 19.2 Å². The van der Waals surface area contributed by atoms with E-state index in [1.807, 2.05) is 19.9 Å². The number of nitrogens with zero attached hydrogens (tertiary/aromatic N) is 2. The molecule has 1 heterocycles. The molecule has 8 nitrogen and oxygen atoms in total. The van der Waals surface area contributed by atoms with Gasteiger partial charge < -0.3 is 9.47 Å². The number of fused-ring (bicyclic) bond motifs is 1. The van der Waals surface area contributed by atoms with Crippen molar-refractivity contribution in [3.8, 4) is 11.5 Å². The third-order valence-electron chi connectivity index (χ3n) is 4.46. The molecule has 0 unspecified atom stereocenters. The minimum Gasteiger partial charge on any atom is -0.493 e. The summed E-state index contributed by atoms with van der Waals surface area (Å²) in [6.07, 6.45) is 2.39. The van der Waals surface area contributed by atoms with Crippen molar-refractivity contribution in [2.75, 3.05) is 7.11 Å². The number of non-ortho nitro benzene ring substituents is 1. The van der Waals surface area contributed by atoms with E-state index in [9.17, 15) is 14.9 Å². The first-order valence-corrected chi connectivity index (χ1v) is 11.0. The highest BCUT2D eigenvalue weighted by Gasteiger charge is 2.15. The van der Waals surface area contributed by atoms with Gasteiger partial charge in [-0.2, -0.15) is 5.10 Å². The number of nitro benzene ring substituents is 1. The van der Waals surface area contributed by atoms with Crippen LogP contribution in [0.2, 0.25) is 0 Å². The molecule has 0 spiro atoms. The van der Waals surface area contributed by atoms with Crippen LogP contribution in [-0.4, -0.2) is 30.3 Å². The minimum absolute atomic E-state index is 0.0180. The highest BCUT2D eigenvalue weighted by molar-refractivity contribution is 9.10. The fraction of sp³-hybridized carbons (Fsp3) is 0.238. The van der Waals surface area contributed by atoms with E-state index < -0.39 is 10.8 Å². The van der Waals surface area contributed by atoms with E-state index >= 15 is 0 Å². The summed E-state index contributed by atoms with van der Waals surface area (Å²) < 4.78 is 12.8. The number of benzene rings is 2. The Kier molecular flexibility index (Phi) is 7.24. The van der Waals surface area contributed by atoms with Crippen LogP contribution >= 0.6 is 27.3 Å². The molecule has 1 atom stereocenters. The predicted octanol–water partition coefficient (Wildman–Crippen LogP) is 5.52. The van der Waals surface area contributed by atoms with Crippen molar-refractivity contribution >= 4 is 55.2 Å². The monoisotopic (exact) mass is 505 g/mol. The topological polar surface area (TPSA) is 103 Å². The van der Waals surface area contributed by atoms with E-state index in [4.69, 9.17) is 9.47 Å². The van der Waals surface area contributed by atoms with Crippen LogP contribution < -0.4 is 14.9 Å². The van der Waals surface area contributed by atoms with Crippen LogP contribution in [-0.2, 0) is 0 Å². The summed E-state index contributed by atoms with van der Waals surface area (Å²) in [4.78, 5) is 23.3. The first kappa shape index (κ1) is 22.7. The molecule has 1 N–H and O–H groups in total. The van der Waals surface area contributed by atoms with Crippen LogP contribution in [0.4, 0.5) is 5.69 Å². The van der Waals surface area contributed by atoms with Crippen molar-refractivity contribution in [2.24, 2.45) is 5.10 Å². The number of nitrogens with one attached hydrogen (secondary N) is 1. The number of hydrazone groups is 1. The molecule has 3 aromatic rings. The van der Waals surface area contributed by atoms with Gasteiger partial charge in [0.05, 0.1) is 33.7 Å². The Labute approximate surface area is 191 Å². The molecule has 0 radical (unpaired) electrons. The molecular formula is C21H20BrN3O5S. The second kappa shape index (κ2) is 9.88. The normalized spacial score (nSPS) is 12.1. The SMILES string of the molecule is CC[C@H](C)Oc1c(Br)cc(/C=N\NC(=O)c2cc3cc([N+](=O)[O-])ccc3s2)cc1OC. The van der Waals surface area contributed by atoms with Gasteiger partial charge in [0.2, 0.25) is 0 Å². The third-order valence-corrected chi connectivity index (χ3v) is 6.16. The molecular weight excluding hydrogens is 486 g/mol. The van der Waals surface area contributed by atoms with Gasteiger partial charge in [-0.05, 0) is 59.1 Å². The zero-order valence-electron chi connectivity index (χ0n) is 17.0. The molecule has 0 aliphatic heterocycles. The molecule has 1 amide bonds. The number of halogens is 1. The predicted molar refractivity (Wildman–Crippen MR) is 125 cm³/mol. The van der Waals surface area contributed by atoms with Crippen molar-refractivity contribution in [1.29, 1.82) is 0 Å². The molecule has 0 fully saturated rings. The van der Waals surface area contributed by atoms with E-state index in [-0.39, 0.29) is 11.8 Å². The van der Waals surface area contributed by atoms with E-state index in [0.29, 0.717) is 31.8 Å². The lowest BCUT2D eigenvalue weighted by Gasteiger charge is -2.17. The Hall–Kier alpha value is -2.98. The number of ether oxygens (including phenoxy) is 2. The summed E-state index contributed by atoms with van der Waals surface area (Å²) in [6.45, 7) is 4.01. The smallest absolute Gasteiger partial charge is 0.281 e. The molecule has 1 aromatic heterocycles. The first-order chi connectivity index (χ1) is 14.8. The number of rotatable bonds is 8. The third kappa shape index (κ3) is 5.39. The molecule has 0 bridgehead atoms. The summed E-state index contributed by atoms with van der Waals surface area (Å²) in [5, 5.41) is 15.6. The summed E-state index contributed by atoms with van der Waals surface area (Å²) in [7, 11) is 1.56. The number of carbonyl (C=O) groups is 1. The highest BCUT2D eigenvalue weighted by Crippen LogP contribution is 2.37. The molecule has 0 aliphatic carbocycles. The van der Waals surface area contributed by atoms with Gasteiger partial charge in [-0.25, -0.2) is 5.43 Å². The number of amides is 1. The van der Waals surface area contributed by atoms with Crippen molar-refractivity contribution in [3.63, 3.8) is 0 Å². The van der Waals surface area contributed by atoms with Gasteiger partial charge >= 0.3 is 0 Å². The quantitative estimate of drug-likeness (QED) is 0.246. The van der Waals surface area contributed by atoms with Crippen LogP contribution in [0.25, 0.3) is 10.1 Å². The zero-order valence-corrected chi connectivity index (χ0v) is 19.5. The maximum Gasteiger partial charge on any atom is 0.281 e. The maximum atomic E-state index is 12.4. The Morgan fingerprint density at radius 2 is 2.13 bits per heavy atom. The van der Waals surface area contributed by atoms with E-state index in [1.54, 1.807) is 25.3 Å². The second-order valence-electron chi connectivity index (χ2n) is 6.66. The van der Waals surface area contributed by atoms with Crippen molar-refractivity contribution in [2.45, 2.75) is 26.4 Å². The number of methoxy groups -OCH3 is 1. The van der Waals surface area contributed by atoms with Gasteiger partial charge in [0.1, 0.15) is 0 Å². The van der Waals surface area contributed by atoms with Gasteiger partial charge in [-0.3, -0.25) is 14.9 Å². The summed E-state index contributed by atoms with van der Waals surface area (Å²) >= 11 is 4.73.